The van der Waals surface area contributed by atoms with Gasteiger partial charge in [0.15, 0.2) is 11.5 Å². The second kappa shape index (κ2) is 11.6. The van der Waals surface area contributed by atoms with Gasteiger partial charge in [0.2, 0.25) is 0 Å². The molecule has 2 rings (SSSR count). The number of hydrazine groups is 1. The lowest BCUT2D eigenvalue weighted by Crippen LogP contribution is -2.54. The van der Waals surface area contributed by atoms with Crippen molar-refractivity contribution >= 4 is 17.7 Å². The Balaban J connectivity index is 2.00. The molecular formula is C23H29N3O6. The first-order valence-electron chi connectivity index (χ1n) is 10.2. The standard InChI is InChI=1S/C23H29N3O6/c1-6-32-17-10-7-15(8-11-17)21(27)24-20(14(2)3)23(29)26-25-22(28)16-9-12-18(30-4)19(13-16)31-5/h7-14,20H,6H2,1-5H3,(H,24,27)(H,25,28)(H,26,29)/t20-/m0/s1. The lowest BCUT2D eigenvalue weighted by atomic mass is 10.0. The number of carbonyl (C=O) groups excluding carboxylic acids is 3. The summed E-state index contributed by atoms with van der Waals surface area (Å²) in [6, 6.07) is 10.4. The number of benzene rings is 2. The number of amides is 3. The zero-order valence-corrected chi connectivity index (χ0v) is 18.9. The smallest absolute Gasteiger partial charge is 0.269 e. The molecule has 0 saturated heterocycles. The Kier molecular flexibility index (Phi) is 8.88. The van der Waals surface area contributed by atoms with Gasteiger partial charge in [-0.2, -0.15) is 0 Å². The Bertz CT molecular complexity index is 943. The van der Waals surface area contributed by atoms with E-state index in [1.54, 1.807) is 44.2 Å². The van der Waals surface area contributed by atoms with Crippen LogP contribution in [0.3, 0.4) is 0 Å². The van der Waals surface area contributed by atoms with Crippen molar-refractivity contribution in [2.24, 2.45) is 5.92 Å². The summed E-state index contributed by atoms with van der Waals surface area (Å²) in [6.45, 7) is 5.98. The highest BCUT2D eigenvalue weighted by molar-refractivity contribution is 5.99. The van der Waals surface area contributed by atoms with Crippen LogP contribution in [-0.4, -0.2) is 44.6 Å². The van der Waals surface area contributed by atoms with Crippen molar-refractivity contribution in [2.45, 2.75) is 26.8 Å². The molecule has 0 radical (unpaired) electrons. The zero-order valence-electron chi connectivity index (χ0n) is 18.9. The summed E-state index contributed by atoms with van der Waals surface area (Å²) in [5.41, 5.74) is 5.38. The van der Waals surface area contributed by atoms with Crippen LogP contribution in [0.4, 0.5) is 0 Å². The maximum absolute atomic E-state index is 12.6. The molecule has 0 bridgehead atoms. The molecule has 3 amide bonds. The van der Waals surface area contributed by atoms with Crippen LogP contribution in [0.1, 0.15) is 41.5 Å². The van der Waals surface area contributed by atoms with Crippen LogP contribution >= 0.6 is 0 Å². The molecule has 0 spiro atoms. The molecule has 0 aliphatic heterocycles. The Morgan fingerprint density at radius 2 is 1.47 bits per heavy atom. The van der Waals surface area contributed by atoms with Crippen LogP contribution < -0.4 is 30.4 Å². The molecule has 9 heteroatoms. The van der Waals surface area contributed by atoms with Gasteiger partial charge in [-0.1, -0.05) is 13.8 Å². The molecule has 0 saturated carbocycles. The molecule has 0 aliphatic carbocycles. The molecule has 1 atom stereocenters. The molecule has 3 N–H and O–H groups in total. The number of carbonyl (C=O) groups is 3. The van der Waals surface area contributed by atoms with Crippen LogP contribution in [-0.2, 0) is 4.79 Å². The fourth-order valence-electron chi connectivity index (χ4n) is 2.87. The van der Waals surface area contributed by atoms with E-state index in [0.717, 1.165) is 0 Å². The Hall–Kier alpha value is -3.75. The minimum atomic E-state index is -0.861. The summed E-state index contributed by atoms with van der Waals surface area (Å²) < 4.78 is 15.7. The summed E-state index contributed by atoms with van der Waals surface area (Å²) in [4.78, 5) is 37.6. The summed E-state index contributed by atoms with van der Waals surface area (Å²) in [6.07, 6.45) is 0. The molecule has 0 unspecified atom stereocenters. The summed E-state index contributed by atoms with van der Waals surface area (Å²) in [7, 11) is 2.95. The lowest BCUT2D eigenvalue weighted by Gasteiger charge is -2.22. The third-order valence-corrected chi connectivity index (χ3v) is 4.61. The SMILES string of the molecule is CCOc1ccc(C(=O)N[C@H](C(=O)NNC(=O)c2ccc(OC)c(OC)c2)C(C)C)cc1. The first kappa shape index (κ1) is 24.5. The quantitative estimate of drug-likeness (QED) is 0.513. The number of methoxy groups -OCH3 is 2. The van der Waals surface area contributed by atoms with Crippen molar-refractivity contribution in [3.05, 3.63) is 53.6 Å². The van der Waals surface area contributed by atoms with Gasteiger partial charge in [0.05, 0.1) is 20.8 Å². The van der Waals surface area contributed by atoms with Gasteiger partial charge in [0, 0.05) is 11.1 Å². The summed E-state index contributed by atoms with van der Waals surface area (Å²) >= 11 is 0. The average Bonchev–Trinajstić information content (AvgIpc) is 2.80. The van der Waals surface area contributed by atoms with Crippen LogP contribution in [0.15, 0.2) is 42.5 Å². The molecule has 32 heavy (non-hydrogen) atoms. The van der Waals surface area contributed by atoms with Crippen LogP contribution in [0.5, 0.6) is 17.2 Å². The van der Waals surface area contributed by atoms with Crippen molar-refractivity contribution < 1.29 is 28.6 Å². The van der Waals surface area contributed by atoms with Gasteiger partial charge in [-0.15, -0.1) is 0 Å². The van der Waals surface area contributed by atoms with E-state index in [0.29, 0.717) is 29.4 Å². The Morgan fingerprint density at radius 1 is 0.844 bits per heavy atom. The van der Waals surface area contributed by atoms with Crippen molar-refractivity contribution in [3.8, 4) is 17.2 Å². The molecular weight excluding hydrogens is 414 g/mol. The number of nitrogens with one attached hydrogen (secondary N) is 3. The van der Waals surface area contributed by atoms with E-state index >= 15 is 0 Å². The van der Waals surface area contributed by atoms with Gasteiger partial charge in [-0.3, -0.25) is 25.2 Å². The first-order chi connectivity index (χ1) is 15.3. The number of ether oxygens (including phenoxy) is 3. The van der Waals surface area contributed by atoms with Gasteiger partial charge >= 0.3 is 0 Å². The minimum absolute atomic E-state index is 0.223. The Morgan fingerprint density at radius 3 is 2.03 bits per heavy atom. The molecule has 9 nitrogen and oxygen atoms in total. The third-order valence-electron chi connectivity index (χ3n) is 4.61. The molecule has 0 heterocycles. The number of hydrogen-bond acceptors (Lipinski definition) is 6. The van der Waals surface area contributed by atoms with E-state index in [4.69, 9.17) is 14.2 Å². The molecule has 2 aromatic carbocycles. The average molecular weight is 444 g/mol. The van der Waals surface area contributed by atoms with Gasteiger partial charge in [0.25, 0.3) is 17.7 Å². The van der Waals surface area contributed by atoms with Gasteiger partial charge in [-0.05, 0) is 55.3 Å². The summed E-state index contributed by atoms with van der Waals surface area (Å²) in [5.74, 6) is -0.209. The molecule has 2 aromatic rings. The van der Waals surface area contributed by atoms with E-state index in [-0.39, 0.29) is 11.5 Å². The first-order valence-corrected chi connectivity index (χ1v) is 10.2. The number of rotatable bonds is 9. The van der Waals surface area contributed by atoms with E-state index < -0.39 is 23.8 Å². The highest BCUT2D eigenvalue weighted by atomic mass is 16.5. The van der Waals surface area contributed by atoms with Crippen molar-refractivity contribution in [1.82, 2.24) is 16.2 Å². The largest absolute Gasteiger partial charge is 0.494 e. The second-order valence-electron chi connectivity index (χ2n) is 7.17. The molecule has 0 aliphatic rings. The van der Waals surface area contributed by atoms with Crippen molar-refractivity contribution in [1.29, 1.82) is 0 Å². The highest BCUT2D eigenvalue weighted by Gasteiger charge is 2.25. The monoisotopic (exact) mass is 443 g/mol. The van der Waals surface area contributed by atoms with E-state index in [1.165, 1.54) is 26.4 Å². The maximum atomic E-state index is 12.6. The Labute approximate surface area is 187 Å². The normalized spacial score (nSPS) is 11.3. The lowest BCUT2D eigenvalue weighted by molar-refractivity contribution is -0.124. The van der Waals surface area contributed by atoms with Crippen molar-refractivity contribution in [3.63, 3.8) is 0 Å². The van der Waals surface area contributed by atoms with E-state index in [1.807, 2.05) is 6.92 Å². The highest BCUT2D eigenvalue weighted by Crippen LogP contribution is 2.27. The minimum Gasteiger partial charge on any atom is -0.494 e. The van der Waals surface area contributed by atoms with Gasteiger partial charge < -0.3 is 19.5 Å². The third kappa shape index (κ3) is 6.37. The van der Waals surface area contributed by atoms with Crippen LogP contribution in [0, 0.1) is 5.92 Å². The topological polar surface area (TPSA) is 115 Å². The van der Waals surface area contributed by atoms with Crippen LogP contribution in [0.2, 0.25) is 0 Å². The predicted octanol–water partition coefficient (Wildman–Crippen LogP) is 2.32. The van der Waals surface area contributed by atoms with Gasteiger partial charge in [0.1, 0.15) is 11.8 Å². The fourth-order valence-corrected chi connectivity index (χ4v) is 2.87. The molecule has 0 fully saturated rings. The summed E-state index contributed by atoms with van der Waals surface area (Å²) in [5, 5.41) is 2.70. The van der Waals surface area contributed by atoms with E-state index in [2.05, 4.69) is 16.2 Å². The van der Waals surface area contributed by atoms with E-state index in [9.17, 15) is 14.4 Å². The molecule has 0 aromatic heterocycles. The number of hydrogen-bond donors (Lipinski definition) is 3. The molecule has 172 valence electrons. The van der Waals surface area contributed by atoms with Gasteiger partial charge in [-0.25, -0.2) is 0 Å². The van der Waals surface area contributed by atoms with Crippen molar-refractivity contribution in [2.75, 3.05) is 20.8 Å². The fraction of sp³-hybridized carbons (Fsp3) is 0.348. The second-order valence-corrected chi connectivity index (χ2v) is 7.17. The zero-order chi connectivity index (χ0) is 23.7. The van der Waals surface area contributed by atoms with Crippen LogP contribution in [0.25, 0.3) is 0 Å². The predicted molar refractivity (Wildman–Crippen MR) is 119 cm³/mol. The maximum Gasteiger partial charge on any atom is 0.269 e.